The number of hydrogen-bond donors (Lipinski definition) is 0. The molecule has 11 aromatic rings. The van der Waals surface area contributed by atoms with E-state index in [1.807, 2.05) is 24.3 Å². The fourth-order valence-corrected chi connectivity index (χ4v) is 8.28. The third kappa shape index (κ3) is 5.20. The number of hydrogen-bond acceptors (Lipinski definition) is 3. The lowest BCUT2D eigenvalue weighted by Crippen LogP contribution is -2.11. The Labute approximate surface area is 317 Å². The van der Waals surface area contributed by atoms with Crippen molar-refractivity contribution in [3.05, 3.63) is 200 Å². The van der Waals surface area contributed by atoms with Gasteiger partial charge in [-0.15, -0.1) is 0 Å². The van der Waals surface area contributed by atoms with Crippen LogP contribution < -0.4 is 4.90 Å². The highest BCUT2D eigenvalue weighted by atomic mass is 16.3. The predicted octanol–water partition coefficient (Wildman–Crippen LogP) is 15.1. The topological polar surface area (TPSA) is 29.5 Å². The molecule has 0 radical (unpaired) electrons. The van der Waals surface area contributed by atoms with E-state index >= 15 is 0 Å². The lowest BCUT2D eigenvalue weighted by molar-refractivity contribution is 0.669. The molecule has 0 unspecified atom stereocenters. The molecule has 0 amide bonds. The SMILES string of the molecule is c1cc(-c2ccc(N(c3ccc4c(c3)oc3ccccc34)c3ccccc3-c3cccc4c3oc3ccccc34)cc2)cc(-c2cccc3ccccc23)c1. The summed E-state index contributed by atoms with van der Waals surface area (Å²) in [5.74, 6) is 0. The van der Waals surface area contributed by atoms with E-state index in [9.17, 15) is 0 Å². The highest BCUT2D eigenvalue weighted by Gasteiger charge is 2.21. The van der Waals surface area contributed by atoms with Gasteiger partial charge in [-0.2, -0.15) is 0 Å². The van der Waals surface area contributed by atoms with Gasteiger partial charge >= 0.3 is 0 Å². The molecule has 0 bridgehead atoms. The summed E-state index contributed by atoms with van der Waals surface area (Å²) >= 11 is 0. The summed E-state index contributed by atoms with van der Waals surface area (Å²) in [6, 6.07) is 71.0. The first kappa shape index (κ1) is 31.2. The first-order valence-corrected chi connectivity index (χ1v) is 18.7. The third-order valence-corrected chi connectivity index (χ3v) is 10.9. The molecule has 0 spiro atoms. The van der Waals surface area contributed by atoms with Gasteiger partial charge in [-0.05, 0) is 81.6 Å². The van der Waals surface area contributed by atoms with Crippen LogP contribution in [-0.2, 0) is 0 Å². The average Bonchev–Trinajstić information content (AvgIpc) is 3.82. The summed E-state index contributed by atoms with van der Waals surface area (Å²) < 4.78 is 13.0. The Balaban J connectivity index is 1.06. The Morgan fingerprint density at radius 2 is 0.891 bits per heavy atom. The first-order valence-electron chi connectivity index (χ1n) is 18.7. The predicted molar refractivity (Wildman–Crippen MR) is 229 cm³/mol. The molecule has 0 N–H and O–H groups in total. The van der Waals surface area contributed by atoms with E-state index < -0.39 is 0 Å². The molecule has 0 saturated heterocycles. The van der Waals surface area contributed by atoms with Crippen molar-refractivity contribution in [2.45, 2.75) is 0 Å². The van der Waals surface area contributed by atoms with Gasteiger partial charge in [-0.3, -0.25) is 0 Å². The Kier molecular flexibility index (Phi) is 7.17. The van der Waals surface area contributed by atoms with E-state index in [-0.39, 0.29) is 0 Å². The van der Waals surface area contributed by atoms with Crippen molar-refractivity contribution in [2.24, 2.45) is 0 Å². The van der Waals surface area contributed by atoms with E-state index in [0.717, 1.165) is 77.6 Å². The molecule has 55 heavy (non-hydrogen) atoms. The Morgan fingerprint density at radius 3 is 1.76 bits per heavy atom. The van der Waals surface area contributed by atoms with Crippen LogP contribution in [0.3, 0.4) is 0 Å². The first-order chi connectivity index (χ1) is 27.3. The highest BCUT2D eigenvalue weighted by Crippen LogP contribution is 2.45. The molecule has 2 heterocycles. The number of furan rings is 2. The monoisotopic (exact) mass is 703 g/mol. The van der Waals surface area contributed by atoms with Gasteiger partial charge in [-0.25, -0.2) is 0 Å². The normalized spacial score (nSPS) is 11.6. The molecule has 3 nitrogen and oxygen atoms in total. The molecule has 9 aromatic carbocycles. The number of nitrogens with zero attached hydrogens (tertiary/aromatic N) is 1. The number of benzene rings is 9. The van der Waals surface area contributed by atoms with Gasteiger partial charge in [0.1, 0.15) is 22.3 Å². The summed E-state index contributed by atoms with van der Waals surface area (Å²) in [5, 5.41) is 6.93. The number of para-hydroxylation sites is 4. The molecule has 0 aliphatic heterocycles. The largest absolute Gasteiger partial charge is 0.456 e. The maximum atomic E-state index is 6.57. The molecule has 11 rings (SSSR count). The van der Waals surface area contributed by atoms with Crippen molar-refractivity contribution in [1.29, 1.82) is 0 Å². The smallest absolute Gasteiger partial charge is 0.143 e. The van der Waals surface area contributed by atoms with Crippen LogP contribution in [0.4, 0.5) is 17.1 Å². The van der Waals surface area contributed by atoms with Gasteiger partial charge in [0.15, 0.2) is 0 Å². The number of rotatable bonds is 6. The van der Waals surface area contributed by atoms with Crippen LogP contribution in [0.1, 0.15) is 0 Å². The standard InChI is InChI=1S/C52H33NO2/c1-2-16-40-35(12-1)13-10-20-41(40)37-15-9-14-36(32-37)34-26-28-38(29-27-34)53(39-30-31-45-43-18-4-7-24-49(43)54-51(45)33-39)48-23-6-3-17-42(48)46-21-11-22-47-44-19-5-8-25-50(44)55-52(46)47/h1-33H. The summed E-state index contributed by atoms with van der Waals surface area (Å²) in [4.78, 5) is 2.33. The maximum Gasteiger partial charge on any atom is 0.143 e. The molecule has 0 atom stereocenters. The van der Waals surface area contributed by atoms with E-state index in [0.29, 0.717) is 0 Å². The summed E-state index contributed by atoms with van der Waals surface area (Å²) in [7, 11) is 0. The summed E-state index contributed by atoms with van der Waals surface area (Å²) in [6.45, 7) is 0. The minimum absolute atomic E-state index is 0.849. The number of anilines is 3. The lowest BCUT2D eigenvalue weighted by Gasteiger charge is -2.28. The van der Waals surface area contributed by atoms with Crippen molar-refractivity contribution in [3.8, 4) is 33.4 Å². The zero-order valence-corrected chi connectivity index (χ0v) is 29.8. The molecule has 258 valence electrons. The molecule has 2 aromatic heterocycles. The molecule has 0 saturated carbocycles. The van der Waals surface area contributed by atoms with E-state index in [1.165, 1.54) is 27.5 Å². The van der Waals surface area contributed by atoms with Crippen molar-refractivity contribution < 1.29 is 8.83 Å². The van der Waals surface area contributed by atoms with Crippen LogP contribution in [0.2, 0.25) is 0 Å². The summed E-state index contributed by atoms with van der Waals surface area (Å²) in [5.41, 5.74) is 13.4. The Morgan fingerprint density at radius 1 is 0.309 bits per heavy atom. The van der Waals surface area contributed by atoms with E-state index in [4.69, 9.17) is 8.83 Å². The second kappa shape index (κ2) is 12.6. The van der Waals surface area contributed by atoms with Crippen molar-refractivity contribution in [2.75, 3.05) is 4.90 Å². The molecule has 0 aliphatic rings. The van der Waals surface area contributed by atoms with Gasteiger partial charge in [0, 0.05) is 50.1 Å². The van der Waals surface area contributed by atoms with Crippen molar-refractivity contribution >= 4 is 71.7 Å². The molecule has 0 aliphatic carbocycles. The van der Waals surface area contributed by atoms with Crippen LogP contribution in [-0.4, -0.2) is 0 Å². The highest BCUT2D eigenvalue weighted by molar-refractivity contribution is 6.11. The average molecular weight is 704 g/mol. The minimum atomic E-state index is 0.849. The fourth-order valence-electron chi connectivity index (χ4n) is 8.28. The van der Waals surface area contributed by atoms with Crippen molar-refractivity contribution in [3.63, 3.8) is 0 Å². The van der Waals surface area contributed by atoms with Crippen LogP contribution in [0.15, 0.2) is 209 Å². The van der Waals surface area contributed by atoms with Gasteiger partial charge < -0.3 is 13.7 Å². The van der Waals surface area contributed by atoms with Crippen LogP contribution in [0.25, 0.3) is 88.0 Å². The zero-order chi connectivity index (χ0) is 36.3. The second-order valence-electron chi connectivity index (χ2n) is 14.1. The second-order valence-corrected chi connectivity index (χ2v) is 14.1. The quantitative estimate of drug-likeness (QED) is 0.173. The van der Waals surface area contributed by atoms with Gasteiger partial charge in [0.2, 0.25) is 0 Å². The summed E-state index contributed by atoms with van der Waals surface area (Å²) in [6.07, 6.45) is 0. The van der Waals surface area contributed by atoms with E-state index in [2.05, 4.69) is 181 Å². The zero-order valence-electron chi connectivity index (χ0n) is 29.8. The molecule has 3 heteroatoms. The Bertz CT molecular complexity index is 3220. The third-order valence-electron chi connectivity index (χ3n) is 10.9. The molecular formula is C52H33NO2. The van der Waals surface area contributed by atoms with Crippen molar-refractivity contribution in [1.82, 2.24) is 0 Å². The van der Waals surface area contributed by atoms with Crippen LogP contribution in [0.5, 0.6) is 0 Å². The van der Waals surface area contributed by atoms with Gasteiger partial charge in [0.05, 0.1) is 5.69 Å². The van der Waals surface area contributed by atoms with Gasteiger partial charge in [-0.1, -0.05) is 146 Å². The van der Waals surface area contributed by atoms with Crippen LogP contribution >= 0.6 is 0 Å². The van der Waals surface area contributed by atoms with E-state index in [1.54, 1.807) is 0 Å². The van der Waals surface area contributed by atoms with Gasteiger partial charge in [0.25, 0.3) is 0 Å². The van der Waals surface area contributed by atoms with Crippen LogP contribution in [0, 0.1) is 0 Å². The molecule has 0 fully saturated rings. The maximum absolute atomic E-state index is 6.57. The molecular weight excluding hydrogens is 671 g/mol. The number of fused-ring (bicyclic) bond motifs is 7. The Hall–Kier alpha value is -7.36. The minimum Gasteiger partial charge on any atom is -0.456 e. The lowest BCUT2D eigenvalue weighted by atomic mass is 9.95. The fraction of sp³-hybridized carbons (Fsp3) is 0.